The molecule has 1 unspecified atom stereocenters. The van der Waals surface area contributed by atoms with E-state index >= 15 is 0 Å². The van der Waals surface area contributed by atoms with Gasteiger partial charge in [-0.25, -0.2) is 0 Å². The normalized spacial score (nSPS) is 12.1. The minimum atomic E-state index is -0.583. The lowest BCUT2D eigenvalue weighted by molar-refractivity contribution is -0.128. The van der Waals surface area contributed by atoms with E-state index < -0.39 is 6.10 Å². The van der Waals surface area contributed by atoms with Gasteiger partial charge in [-0.1, -0.05) is 39.8 Å². The fraction of sp³-hybridized carbons (Fsp3) is 0.556. The molecular formula is C18H28N2O3. The Morgan fingerprint density at radius 2 is 1.43 bits per heavy atom. The van der Waals surface area contributed by atoms with E-state index in [4.69, 9.17) is 4.74 Å². The van der Waals surface area contributed by atoms with E-state index in [1.165, 1.54) is 5.56 Å². The first-order chi connectivity index (χ1) is 10.8. The van der Waals surface area contributed by atoms with Gasteiger partial charge in [-0.2, -0.15) is 0 Å². The maximum Gasteiger partial charge on any atom is 0.260 e. The zero-order valence-corrected chi connectivity index (χ0v) is 14.7. The molecule has 1 rings (SSSR count). The molecule has 0 radical (unpaired) electrons. The topological polar surface area (TPSA) is 67.4 Å². The number of hydrogen-bond acceptors (Lipinski definition) is 3. The Kier molecular flexibility index (Phi) is 7.59. The zero-order valence-electron chi connectivity index (χ0n) is 14.7. The number of nitrogens with one attached hydrogen (secondary N) is 2. The van der Waals surface area contributed by atoms with E-state index in [0.717, 1.165) is 0 Å². The fourth-order valence-corrected chi connectivity index (χ4v) is 1.91. The van der Waals surface area contributed by atoms with Gasteiger partial charge in [-0.15, -0.1) is 0 Å². The second-order valence-electron chi connectivity index (χ2n) is 6.22. The molecule has 0 aromatic heterocycles. The van der Waals surface area contributed by atoms with Crippen molar-refractivity contribution in [3.05, 3.63) is 29.8 Å². The van der Waals surface area contributed by atoms with Crippen molar-refractivity contribution in [3.8, 4) is 5.75 Å². The second kappa shape index (κ2) is 9.18. The first kappa shape index (κ1) is 19.0. The molecule has 0 aliphatic heterocycles. The summed E-state index contributed by atoms with van der Waals surface area (Å²) >= 11 is 0. The van der Waals surface area contributed by atoms with Crippen LogP contribution in [0.2, 0.25) is 0 Å². The van der Waals surface area contributed by atoms with Crippen molar-refractivity contribution in [1.29, 1.82) is 0 Å². The molecule has 0 fully saturated rings. The lowest BCUT2D eigenvalue weighted by atomic mass is 10.0. The predicted molar refractivity (Wildman–Crippen MR) is 91.5 cm³/mol. The highest BCUT2D eigenvalue weighted by Gasteiger charge is 2.14. The monoisotopic (exact) mass is 320 g/mol. The van der Waals surface area contributed by atoms with Crippen LogP contribution in [0.25, 0.3) is 0 Å². The quantitative estimate of drug-likeness (QED) is 0.723. The molecule has 1 aromatic rings. The van der Waals surface area contributed by atoms with E-state index in [-0.39, 0.29) is 17.7 Å². The third-order valence-corrected chi connectivity index (χ3v) is 3.48. The highest BCUT2D eigenvalue weighted by atomic mass is 16.5. The number of carbonyl (C=O) groups is 2. The van der Waals surface area contributed by atoms with Gasteiger partial charge in [0.05, 0.1) is 0 Å². The number of carbonyl (C=O) groups excluding carboxylic acids is 2. The van der Waals surface area contributed by atoms with Crippen molar-refractivity contribution in [2.24, 2.45) is 5.92 Å². The molecule has 0 aliphatic rings. The van der Waals surface area contributed by atoms with Gasteiger partial charge in [0.1, 0.15) is 5.75 Å². The number of ether oxygens (including phenoxy) is 1. The van der Waals surface area contributed by atoms with Crippen molar-refractivity contribution in [1.82, 2.24) is 10.6 Å². The smallest absolute Gasteiger partial charge is 0.260 e. The van der Waals surface area contributed by atoms with Gasteiger partial charge in [0, 0.05) is 19.0 Å². The standard InChI is InChI=1S/C18H28N2O3/c1-12(2)15-6-8-16(9-7-15)23-14(5)18(22)20-11-10-19-17(21)13(3)4/h6-9,12-14H,10-11H2,1-5H3,(H,19,21)(H,20,22). The van der Waals surface area contributed by atoms with Gasteiger partial charge in [0.15, 0.2) is 6.10 Å². The maximum atomic E-state index is 12.0. The van der Waals surface area contributed by atoms with Crippen LogP contribution in [0.4, 0.5) is 0 Å². The summed E-state index contributed by atoms with van der Waals surface area (Å²) in [5.74, 6) is 0.864. The molecular weight excluding hydrogens is 292 g/mol. The second-order valence-corrected chi connectivity index (χ2v) is 6.22. The number of hydrogen-bond donors (Lipinski definition) is 2. The summed E-state index contributed by atoms with van der Waals surface area (Å²) in [6.45, 7) is 10.4. The van der Waals surface area contributed by atoms with Gasteiger partial charge >= 0.3 is 0 Å². The van der Waals surface area contributed by atoms with E-state index in [1.54, 1.807) is 6.92 Å². The number of rotatable bonds is 8. The maximum absolute atomic E-state index is 12.0. The number of amides is 2. The molecule has 1 atom stereocenters. The van der Waals surface area contributed by atoms with Crippen LogP contribution in [0.5, 0.6) is 5.75 Å². The minimum Gasteiger partial charge on any atom is -0.481 e. The summed E-state index contributed by atoms with van der Waals surface area (Å²) in [5.41, 5.74) is 1.23. The molecule has 0 spiro atoms. The molecule has 5 nitrogen and oxygen atoms in total. The predicted octanol–water partition coefficient (Wildman–Crippen LogP) is 2.47. The molecule has 2 N–H and O–H groups in total. The molecule has 0 aliphatic carbocycles. The molecule has 0 heterocycles. The summed E-state index contributed by atoms with van der Waals surface area (Å²) in [4.78, 5) is 23.3. The van der Waals surface area contributed by atoms with Crippen LogP contribution in [-0.4, -0.2) is 31.0 Å². The van der Waals surface area contributed by atoms with E-state index in [9.17, 15) is 9.59 Å². The average molecular weight is 320 g/mol. The summed E-state index contributed by atoms with van der Waals surface area (Å²) < 4.78 is 5.63. The van der Waals surface area contributed by atoms with Crippen molar-refractivity contribution in [2.75, 3.05) is 13.1 Å². The Balaban J connectivity index is 2.35. The SMILES string of the molecule is CC(C)C(=O)NCCNC(=O)C(C)Oc1ccc(C(C)C)cc1. The van der Waals surface area contributed by atoms with E-state index in [1.807, 2.05) is 38.1 Å². The van der Waals surface area contributed by atoms with Crippen LogP contribution in [-0.2, 0) is 9.59 Å². The first-order valence-electron chi connectivity index (χ1n) is 8.13. The Hall–Kier alpha value is -2.04. The van der Waals surface area contributed by atoms with Crippen LogP contribution >= 0.6 is 0 Å². The number of benzene rings is 1. The lowest BCUT2D eigenvalue weighted by Crippen LogP contribution is -2.41. The van der Waals surface area contributed by atoms with Gasteiger partial charge in [-0.05, 0) is 30.5 Å². The van der Waals surface area contributed by atoms with Crippen LogP contribution in [0.3, 0.4) is 0 Å². The fourth-order valence-electron chi connectivity index (χ4n) is 1.91. The van der Waals surface area contributed by atoms with Crippen molar-refractivity contribution < 1.29 is 14.3 Å². The van der Waals surface area contributed by atoms with Gasteiger partial charge in [0.2, 0.25) is 5.91 Å². The van der Waals surface area contributed by atoms with Crippen molar-refractivity contribution in [3.63, 3.8) is 0 Å². The largest absolute Gasteiger partial charge is 0.481 e. The Morgan fingerprint density at radius 1 is 0.913 bits per heavy atom. The minimum absolute atomic E-state index is 0.0196. The van der Waals surface area contributed by atoms with Gasteiger partial charge in [0.25, 0.3) is 5.91 Å². The molecule has 128 valence electrons. The third kappa shape index (κ3) is 6.72. The summed E-state index contributed by atoms with van der Waals surface area (Å²) in [6.07, 6.45) is -0.583. The molecule has 0 saturated heterocycles. The summed E-state index contributed by atoms with van der Waals surface area (Å²) in [6, 6.07) is 7.77. The highest BCUT2D eigenvalue weighted by Crippen LogP contribution is 2.19. The van der Waals surface area contributed by atoms with Crippen LogP contribution in [0.15, 0.2) is 24.3 Å². The lowest BCUT2D eigenvalue weighted by Gasteiger charge is -2.16. The molecule has 0 bridgehead atoms. The Morgan fingerprint density at radius 3 is 1.91 bits per heavy atom. The van der Waals surface area contributed by atoms with E-state index in [0.29, 0.717) is 24.8 Å². The van der Waals surface area contributed by atoms with Crippen LogP contribution in [0.1, 0.15) is 46.1 Å². The molecule has 5 heteroatoms. The molecule has 2 amide bonds. The van der Waals surface area contributed by atoms with Crippen molar-refractivity contribution in [2.45, 2.75) is 46.6 Å². The average Bonchev–Trinajstić information content (AvgIpc) is 2.51. The van der Waals surface area contributed by atoms with E-state index in [2.05, 4.69) is 24.5 Å². The van der Waals surface area contributed by atoms with Crippen LogP contribution in [0, 0.1) is 5.92 Å². The first-order valence-corrected chi connectivity index (χ1v) is 8.13. The molecule has 0 saturated carbocycles. The highest BCUT2D eigenvalue weighted by molar-refractivity contribution is 5.81. The third-order valence-electron chi connectivity index (χ3n) is 3.48. The summed E-state index contributed by atoms with van der Waals surface area (Å²) in [7, 11) is 0. The van der Waals surface area contributed by atoms with Gasteiger partial charge in [-0.3, -0.25) is 9.59 Å². The molecule has 23 heavy (non-hydrogen) atoms. The molecule has 1 aromatic carbocycles. The Labute approximate surface area is 138 Å². The van der Waals surface area contributed by atoms with Gasteiger partial charge < -0.3 is 15.4 Å². The Bertz CT molecular complexity index is 510. The van der Waals surface area contributed by atoms with Crippen LogP contribution < -0.4 is 15.4 Å². The summed E-state index contributed by atoms with van der Waals surface area (Å²) in [5, 5.41) is 5.50. The van der Waals surface area contributed by atoms with Crippen molar-refractivity contribution >= 4 is 11.8 Å². The zero-order chi connectivity index (χ0) is 17.4.